The van der Waals surface area contributed by atoms with Gasteiger partial charge in [-0.3, -0.25) is 14.4 Å². The molecule has 0 radical (unpaired) electrons. The third kappa shape index (κ3) is 6.13. The number of cyclic esters (lactones) is 2. The number of halogens is 1. The van der Waals surface area contributed by atoms with E-state index in [4.69, 9.17) is 40.0 Å². The van der Waals surface area contributed by atoms with Crippen molar-refractivity contribution in [3.05, 3.63) is 34.9 Å². The second-order valence-corrected chi connectivity index (χ2v) is 7.52. The molecular weight excluding hydrogens is 472 g/mol. The Hall–Kier alpha value is -2.95. The van der Waals surface area contributed by atoms with Gasteiger partial charge in [0.05, 0.1) is 11.6 Å². The zero-order chi connectivity index (χ0) is 25.3. The minimum atomic E-state index is -1.69. The Morgan fingerprint density at radius 2 is 1.82 bits per heavy atom. The van der Waals surface area contributed by atoms with Gasteiger partial charge in [-0.05, 0) is 26.2 Å². The fourth-order valence-corrected chi connectivity index (χ4v) is 3.75. The van der Waals surface area contributed by atoms with E-state index in [0.29, 0.717) is 12.8 Å². The highest BCUT2D eigenvalue weighted by Crippen LogP contribution is 2.45. The van der Waals surface area contributed by atoms with Crippen LogP contribution in [0.25, 0.3) is 0 Å². The average molecular weight is 499 g/mol. The third-order valence-corrected chi connectivity index (χ3v) is 5.31. The van der Waals surface area contributed by atoms with Gasteiger partial charge in [0.2, 0.25) is 0 Å². The first kappa shape index (κ1) is 27.3. The van der Waals surface area contributed by atoms with Crippen LogP contribution in [-0.2, 0) is 33.3 Å². The number of carbonyl (C=O) groups excluding carboxylic acids is 4. The maximum Gasteiger partial charge on any atom is 0.349 e. The Balaban J connectivity index is 2.65. The number of benzene rings is 1. The van der Waals surface area contributed by atoms with Crippen molar-refractivity contribution < 1.29 is 47.6 Å². The average Bonchev–Trinajstić information content (AvgIpc) is 2.80. The molecule has 0 N–H and O–H groups in total. The van der Waals surface area contributed by atoms with Gasteiger partial charge in [0.25, 0.3) is 0 Å². The molecule has 2 atom stereocenters. The number of ether oxygens (including phenoxy) is 6. The van der Waals surface area contributed by atoms with Crippen molar-refractivity contribution in [2.75, 3.05) is 34.4 Å². The van der Waals surface area contributed by atoms with Gasteiger partial charge in [-0.15, -0.1) is 6.58 Å². The van der Waals surface area contributed by atoms with Crippen molar-refractivity contribution in [1.82, 2.24) is 0 Å². The van der Waals surface area contributed by atoms with E-state index in [1.54, 1.807) is 13.0 Å². The number of methoxy groups -OCH3 is 2. The normalized spacial score (nSPS) is 15.7. The van der Waals surface area contributed by atoms with E-state index in [-0.39, 0.29) is 54.3 Å². The summed E-state index contributed by atoms with van der Waals surface area (Å²) >= 11 is 6.50. The number of hydrogen-bond donors (Lipinski definition) is 0. The molecule has 2 rings (SSSR count). The van der Waals surface area contributed by atoms with E-state index in [1.807, 2.05) is 0 Å². The molecule has 0 aromatic heterocycles. The van der Waals surface area contributed by atoms with Crippen molar-refractivity contribution in [3.8, 4) is 11.5 Å². The van der Waals surface area contributed by atoms with Crippen LogP contribution in [0.5, 0.6) is 11.5 Å². The molecule has 1 aromatic carbocycles. The van der Waals surface area contributed by atoms with E-state index in [1.165, 1.54) is 20.3 Å². The number of rotatable bonds is 14. The van der Waals surface area contributed by atoms with Gasteiger partial charge in [0.1, 0.15) is 28.9 Å². The Labute approximate surface area is 202 Å². The summed E-state index contributed by atoms with van der Waals surface area (Å²) < 4.78 is 30.6. The largest absolute Gasteiger partial charge is 0.467 e. The number of carbonyl (C=O) groups is 4. The van der Waals surface area contributed by atoms with Crippen molar-refractivity contribution in [2.45, 2.75) is 32.1 Å². The molecule has 1 aliphatic rings. The first-order valence-corrected chi connectivity index (χ1v) is 10.9. The van der Waals surface area contributed by atoms with Gasteiger partial charge in [-0.1, -0.05) is 17.7 Å². The number of fused-ring (bicyclic) bond motifs is 1. The number of esters is 3. The molecule has 1 heterocycles. The summed E-state index contributed by atoms with van der Waals surface area (Å²) in [6.07, 6.45) is 2.73. The summed E-state index contributed by atoms with van der Waals surface area (Å²) in [5.74, 6) is -6.89. The number of unbranched alkanes of at least 4 members (excludes halogenated alkanes) is 1. The van der Waals surface area contributed by atoms with E-state index < -0.39 is 35.5 Å². The van der Waals surface area contributed by atoms with Crippen molar-refractivity contribution in [3.63, 3.8) is 0 Å². The topological polar surface area (TPSA) is 124 Å². The maximum atomic E-state index is 13.6. The smallest absolute Gasteiger partial charge is 0.349 e. The van der Waals surface area contributed by atoms with Crippen LogP contribution in [0, 0.1) is 5.92 Å². The summed E-state index contributed by atoms with van der Waals surface area (Å²) in [5, 5.41) is -0.186. The fraction of sp³-hybridized carbons (Fsp3) is 0.478. The second kappa shape index (κ2) is 13.1. The Morgan fingerprint density at radius 1 is 1.18 bits per heavy atom. The first-order chi connectivity index (χ1) is 16.3. The molecule has 0 aliphatic carbocycles. The summed E-state index contributed by atoms with van der Waals surface area (Å²) in [6.45, 7) is 4.79. The monoisotopic (exact) mass is 498 g/mol. The second-order valence-electron chi connectivity index (χ2n) is 7.15. The SMILES string of the molecule is C=CCCCC(C(=O)OCC)C(=O)C1C(=O)OC(=O)c2c(OCOC)cc(OCOC)c(Cl)c21. The van der Waals surface area contributed by atoms with Crippen LogP contribution in [-0.4, -0.2) is 58.1 Å². The lowest BCUT2D eigenvalue weighted by Gasteiger charge is -2.28. The molecule has 0 amide bonds. The lowest BCUT2D eigenvalue weighted by Crippen LogP contribution is -2.39. The summed E-state index contributed by atoms with van der Waals surface area (Å²) in [4.78, 5) is 51.6. The molecule has 0 spiro atoms. The Kier molecular flexibility index (Phi) is 10.5. The van der Waals surface area contributed by atoms with Crippen molar-refractivity contribution in [1.29, 1.82) is 0 Å². The molecule has 1 aromatic rings. The summed E-state index contributed by atoms with van der Waals surface area (Å²) in [6, 6.07) is 1.30. The molecule has 11 heteroatoms. The van der Waals surface area contributed by atoms with Gasteiger partial charge < -0.3 is 28.4 Å². The molecule has 0 saturated carbocycles. The van der Waals surface area contributed by atoms with Gasteiger partial charge >= 0.3 is 17.9 Å². The molecule has 2 unspecified atom stereocenters. The number of allylic oxidation sites excluding steroid dienone is 1. The molecule has 0 bridgehead atoms. The molecule has 0 saturated heterocycles. The highest BCUT2D eigenvalue weighted by atomic mass is 35.5. The van der Waals surface area contributed by atoms with Crippen LogP contribution in [0.4, 0.5) is 0 Å². The number of hydrogen-bond acceptors (Lipinski definition) is 10. The van der Waals surface area contributed by atoms with Crippen LogP contribution in [0.15, 0.2) is 18.7 Å². The minimum absolute atomic E-state index is 0.00647. The van der Waals surface area contributed by atoms with Gasteiger partial charge in [-0.2, -0.15) is 0 Å². The Bertz CT molecular complexity index is 942. The molecule has 10 nitrogen and oxygen atoms in total. The summed E-state index contributed by atoms with van der Waals surface area (Å²) in [5.41, 5.74) is -0.413. The fourth-order valence-electron chi connectivity index (χ4n) is 3.44. The predicted octanol–water partition coefficient (Wildman–Crippen LogP) is 3.19. The highest BCUT2D eigenvalue weighted by Gasteiger charge is 2.47. The van der Waals surface area contributed by atoms with Crippen LogP contribution >= 0.6 is 11.6 Å². The van der Waals surface area contributed by atoms with Crippen molar-refractivity contribution in [2.24, 2.45) is 5.92 Å². The molecule has 0 fully saturated rings. The number of ketones is 1. The third-order valence-electron chi connectivity index (χ3n) is 4.92. The molecule has 34 heavy (non-hydrogen) atoms. The van der Waals surface area contributed by atoms with E-state index in [0.717, 1.165) is 0 Å². The predicted molar refractivity (Wildman–Crippen MR) is 119 cm³/mol. The van der Waals surface area contributed by atoms with E-state index >= 15 is 0 Å². The van der Waals surface area contributed by atoms with Crippen LogP contribution in [0.3, 0.4) is 0 Å². The lowest BCUT2D eigenvalue weighted by molar-refractivity contribution is -0.154. The standard InChI is InChI=1S/C23H27ClO10/c1-5-7-8-9-13(21(26)31-6-2)20(25)18-17-16(22(27)34-23(18)28)14(32-11-29-3)10-15(19(17)24)33-12-30-4/h5,10,13,18H,1,6-9,11-12H2,2-4H3. The highest BCUT2D eigenvalue weighted by molar-refractivity contribution is 6.35. The maximum absolute atomic E-state index is 13.6. The van der Waals surface area contributed by atoms with E-state index in [2.05, 4.69) is 6.58 Å². The summed E-state index contributed by atoms with van der Waals surface area (Å²) in [7, 11) is 2.75. The van der Waals surface area contributed by atoms with Gasteiger partial charge in [-0.25, -0.2) is 4.79 Å². The zero-order valence-electron chi connectivity index (χ0n) is 19.2. The minimum Gasteiger partial charge on any atom is -0.467 e. The quantitative estimate of drug-likeness (QED) is 0.124. The number of Topliss-reactive ketones (excluding diaryl/α,β-unsaturated/α-hetero) is 1. The molecular formula is C23H27ClO10. The van der Waals surface area contributed by atoms with Gasteiger partial charge in [0.15, 0.2) is 19.4 Å². The van der Waals surface area contributed by atoms with Crippen LogP contribution in [0.1, 0.15) is 48.0 Å². The van der Waals surface area contributed by atoms with Crippen LogP contribution in [0.2, 0.25) is 5.02 Å². The molecule has 186 valence electrons. The van der Waals surface area contributed by atoms with Crippen LogP contribution < -0.4 is 9.47 Å². The first-order valence-electron chi connectivity index (χ1n) is 10.5. The molecule has 1 aliphatic heterocycles. The Morgan fingerprint density at radius 3 is 2.41 bits per heavy atom. The lowest BCUT2D eigenvalue weighted by atomic mass is 9.81. The van der Waals surface area contributed by atoms with E-state index in [9.17, 15) is 19.2 Å². The zero-order valence-corrected chi connectivity index (χ0v) is 20.0. The van der Waals surface area contributed by atoms with Gasteiger partial charge in [0, 0.05) is 25.8 Å². The van der Waals surface area contributed by atoms with Crippen molar-refractivity contribution >= 4 is 35.3 Å².